The Balaban J connectivity index is 1.98. The van der Waals surface area contributed by atoms with Gasteiger partial charge in [0, 0.05) is 18.7 Å². The van der Waals surface area contributed by atoms with Gasteiger partial charge < -0.3 is 16.2 Å². The Morgan fingerprint density at radius 1 is 1.14 bits per heavy atom. The van der Waals surface area contributed by atoms with Crippen molar-refractivity contribution in [3.8, 4) is 5.75 Å². The van der Waals surface area contributed by atoms with Gasteiger partial charge in [-0.05, 0) is 43.0 Å². The smallest absolute Gasteiger partial charge is 0.119 e. The number of benzene rings is 1. The molecule has 0 aliphatic heterocycles. The monoisotopic (exact) mass is 303 g/mol. The Bertz CT molecular complexity index is 467. The highest BCUT2D eigenvalue weighted by molar-refractivity contribution is 6.01. The highest BCUT2D eigenvalue weighted by Gasteiger charge is 2.14. The number of rotatable bonds is 8. The van der Waals surface area contributed by atoms with Gasteiger partial charge in [-0.2, -0.15) is 0 Å². The second-order valence-corrected chi connectivity index (χ2v) is 6.00. The van der Waals surface area contributed by atoms with Gasteiger partial charge in [-0.15, -0.1) is 0 Å². The maximum atomic E-state index is 6.01. The quantitative estimate of drug-likeness (QED) is 0.725. The molecule has 22 heavy (non-hydrogen) atoms. The second-order valence-electron chi connectivity index (χ2n) is 6.00. The molecule has 4 nitrogen and oxygen atoms in total. The van der Waals surface area contributed by atoms with Gasteiger partial charge in [0.2, 0.25) is 0 Å². The van der Waals surface area contributed by atoms with Crippen molar-refractivity contribution < 1.29 is 4.74 Å². The molecular weight excluding hydrogens is 274 g/mol. The molecule has 0 heterocycles. The fourth-order valence-corrected chi connectivity index (χ4v) is 2.98. The number of nitrogens with zero attached hydrogens (tertiary/aromatic N) is 1. The third kappa shape index (κ3) is 5.43. The molecule has 0 radical (unpaired) electrons. The Morgan fingerprint density at radius 2 is 1.95 bits per heavy atom. The molecule has 122 valence electrons. The van der Waals surface area contributed by atoms with E-state index in [0.29, 0.717) is 25.6 Å². The molecule has 1 fully saturated rings. The first kappa shape index (κ1) is 17.0. The normalized spacial score (nSPS) is 16.7. The van der Waals surface area contributed by atoms with Gasteiger partial charge in [0.25, 0.3) is 0 Å². The van der Waals surface area contributed by atoms with E-state index in [2.05, 4.69) is 17.1 Å². The van der Waals surface area contributed by atoms with Crippen molar-refractivity contribution in [1.29, 1.82) is 0 Å². The van der Waals surface area contributed by atoms with Gasteiger partial charge >= 0.3 is 0 Å². The number of aliphatic imine (C=N–C) groups is 1. The van der Waals surface area contributed by atoms with Crippen LogP contribution in [0.2, 0.25) is 0 Å². The molecule has 0 aromatic heterocycles. The van der Waals surface area contributed by atoms with Crippen molar-refractivity contribution in [3.63, 3.8) is 0 Å². The van der Waals surface area contributed by atoms with E-state index in [9.17, 15) is 0 Å². The first-order chi connectivity index (χ1) is 10.8. The Morgan fingerprint density at radius 3 is 2.68 bits per heavy atom. The van der Waals surface area contributed by atoms with Gasteiger partial charge in [0.05, 0.1) is 13.2 Å². The summed E-state index contributed by atoms with van der Waals surface area (Å²) in [5.74, 6) is 1.65. The fraction of sp³-hybridized carbons (Fsp3) is 0.611. The first-order valence-electron chi connectivity index (χ1n) is 8.50. The van der Waals surface area contributed by atoms with Crippen LogP contribution in [0.1, 0.15) is 44.1 Å². The van der Waals surface area contributed by atoms with E-state index in [-0.39, 0.29) is 0 Å². The SMILES string of the molecule is NCCN=C(CCN)c1cccc(OCC2CCCCC2)c1. The topological polar surface area (TPSA) is 73.6 Å². The van der Waals surface area contributed by atoms with E-state index >= 15 is 0 Å². The maximum absolute atomic E-state index is 6.01. The molecular formula is C18H29N3O. The van der Waals surface area contributed by atoms with Crippen molar-refractivity contribution in [3.05, 3.63) is 29.8 Å². The van der Waals surface area contributed by atoms with Gasteiger partial charge in [0.15, 0.2) is 0 Å². The summed E-state index contributed by atoms with van der Waals surface area (Å²) >= 11 is 0. The third-order valence-electron chi connectivity index (χ3n) is 4.19. The molecule has 0 unspecified atom stereocenters. The van der Waals surface area contributed by atoms with Crippen LogP contribution in [0.25, 0.3) is 0 Å². The summed E-state index contributed by atoms with van der Waals surface area (Å²) in [5, 5.41) is 0. The summed E-state index contributed by atoms with van der Waals surface area (Å²) in [7, 11) is 0. The zero-order chi connectivity index (χ0) is 15.6. The van der Waals surface area contributed by atoms with Gasteiger partial charge in [-0.25, -0.2) is 0 Å². The van der Waals surface area contributed by atoms with Crippen molar-refractivity contribution >= 4 is 5.71 Å². The summed E-state index contributed by atoms with van der Waals surface area (Å²) in [6, 6.07) is 8.20. The minimum absolute atomic E-state index is 0.561. The van der Waals surface area contributed by atoms with E-state index in [0.717, 1.165) is 30.1 Å². The Kier molecular flexibility index (Phi) is 7.40. The lowest BCUT2D eigenvalue weighted by Crippen LogP contribution is -2.16. The molecule has 1 aromatic rings. The summed E-state index contributed by atoms with van der Waals surface area (Å²) in [6.07, 6.45) is 7.45. The van der Waals surface area contributed by atoms with Crippen molar-refractivity contribution in [2.24, 2.45) is 22.4 Å². The molecule has 4 heteroatoms. The molecule has 0 amide bonds. The predicted molar refractivity (Wildman–Crippen MR) is 92.6 cm³/mol. The van der Waals surface area contributed by atoms with Crippen LogP contribution in [0.3, 0.4) is 0 Å². The number of ether oxygens (including phenoxy) is 1. The molecule has 1 aliphatic carbocycles. The molecule has 0 spiro atoms. The van der Waals surface area contributed by atoms with Crippen LogP contribution in [0.5, 0.6) is 5.75 Å². The number of nitrogens with two attached hydrogens (primary N) is 2. The predicted octanol–water partition coefficient (Wildman–Crippen LogP) is 2.74. The van der Waals surface area contributed by atoms with Crippen LogP contribution < -0.4 is 16.2 Å². The average Bonchev–Trinajstić information content (AvgIpc) is 2.58. The molecule has 0 saturated heterocycles. The van der Waals surface area contributed by atoms with E-state index in [4.69, 9.17) is 16.2 Å². The van der Waals surface area contributed by atoms with Gasteiger partial charge in [-0.1, -0.05) is 31.4 Å². The zero-order valence-electron chi connectivity index (χ0n) is 13.5. The van der Waals surface area contributed by atoms with E-state index in [1.807, 2.05) is 12.1 Å². The van der Waals surface area contributed by atoms with Crippen LogP contribution >= 0.6 is 0 Å². The third-order valence-corrected chi connectivity index (χ3v) is 4.19. The lowest BCUT2D eigenvalue weighted by atomic mass is 9.90. The van der Waals surface area contributed by atoms with E-state index in [1.54, 1.807) is 0 Å². The van der Waals surface area contributed by atoms with Crippen LogP contribution in [0.4, 0.5) is 0 Å². The minimum Gasteiger partial charge on any atom is -0.493 e. The Hall–Kier alpha value is -1.39. The van der Waals surface area contributed by atoms with Crippen LogP contribution in [-0.2, 0) is 0 Å². The molecule has 4 N–H and O–H groups in total. The molecule has 2 rings (SSSR count). The van der Waals surface area contributed by atoms with E-state index in [1.165, 1.54) is 32.1 Å². The first-order valence-corrected chi connectivity index (χ1v) is 8.50. The second kappa shape index (κ2) is 9.59. The average molecular weight is 303 g/mol. The zero-order valence-corrected chi connectivity index (χ0v) is 13.5. The van der Waals surface area contributed by atoms with Gasteiger partial charge in [-0.3, -0.25) is 4.99 Å². The molecule has 0 atom stereocenters. The fourth-order valence-electron chi connectivity index (χ4n) is 2.98. The summed E-state index contributed by atoms with van der Waals surface area (Å²) < 4.78 is 6.01. The summed E-state index contributed by atoms with van der Waals surface area (Å²) in [5.41, 5.74) is 13.4. The maximum Gasteiger partial charge on any atom is 0.119 e. The lowest BCUT2D eigenvalue weighted by molar-refractivity contribution is 0.209. The van der Waals surface area contributed by atoms with Crippen molar-refractivity contribution in [2.75, 3.05) is 26.2 Å². The molecule has 1 aliphatic rings. The number of hydrogen-bond acceptors (Lipinski definition) is 4. The highest BCUT2D eigenvalue weighted by Crippen LogP contribution is 2.25. The highest BCUT2D eigenvalue weighted by atomic mass is 16.5. The van der Waals surface area contributed by atoms with Crippen molar-refractivity contribution in [1.82, 2.24) is 0 Å². The van der Waals surface area contributed by atoms with Crippen LogP contribution in [-0.4, -0.2) is 32.0 Å². The summed E-state index contributed by atoms with van der Waals surface area (Å²) in [4.78, 5) is 4.55. The molecule has 1 aromatic carbocycles. The van der Waals surface area contributed by atoms with E-state index < -0.39 is 0 Å². The van der Waals surface area contributed by atoms with Crippen molar-refractivity contribution in [2.45, 2.75) is 38.5 Å². The molecule has 1 saturated carbocycles. The van der Waals surface area contributed by atoms with Crippen LogP contribution in [0.15, 0.2) is 29.3 Å². The number of hydrogen-bond donors (Lipinski definition) is 2. The van der Waals surface area contributed by atoms with Gasteiger partial charge in [0.1, 0.15) is 5.75 Å². The standard InChI is InChI=1S/C18H29N3O/c19-10-9-18(21-12-11-20)16-7-4-8-17(13-16)22-14-15-5-2-1-3-6-15/h4,7-8,13,15H,1-3,5-6,9-12,14,19-20H2. The largest absolute Gasteiger partial charge is 0.493 e. The van der Waals surface area contributed by atoms with Crippen LogP contribution in [0, 0.1) is 5.92 Å². The molecule has 0 bridgehead atoms. The minimum atomic E-state index is 0.561. The lowest BCUT2D eigenvalue weighted by Gasteiger charge is -2.21. The Labute approximate surface area is 133 Å². The summed E-state index contributed by atoms with van der Waals surface area (Å²) in [6.45, 7) is 2.63.